The van der Waals surface area contributed by atoms with Crippen molar-refractivity contribution >= 4 is 27.4 Å². The van der Waals surface area contributed by atoms with Crippen LogP contribution >= 0.6 is 0 Å². The Morgan fingerprint density at radius 3 is 2.29 bits per heavy atom. The SMILES string of the molecule is Nc1c([N+](=O)[O-])cc(C(=O)O)cc1S(N)(=O)=O. The van der Waals surface area contributed by atoms with Crippen molar-refractivity contribution in [2.75, 3.05) is 5.73 Å². The van der Waals surface area contributed by atoms with Gasteiger partial charge in [-0.05, 0) is 6.07 Å². The number of hydrogen-bond donors (Lipinski definition) is 3. The summed E-state index contributed by atoms with van der Waals surface area (Å²) in [6, 6.07) is 1.33. The lowest BCUT2D eigenvalue weighted by molar-refractivity contribution is -0.384. The fourth-order valence-electron chi connectivity index (χ4n) is 1.12. The molecular weight excluding hydrogens is 254 g/mol. The normalized spacial score (nSPS) is 11.1. The van der Waals surface area contributed by atoms with Crippen LogP contribution in [0.5, 0.6) is 0 Å². The lowest BCUT2D eigenvalue weighted by atomic mass is 10.2. The van der Waals surface area contributed by atoms with E-state index in [-0.39, 0.29) is 0 Å². The molecule has 0 aliphatic rings. The Kier molecular flexibility index (Phi) is 3.02. The van der Waals surface area contributed by atoms with Gasteiger partial charge in [-0.15, -0.1) is 0 Å². The van der Waals surface area contributed by atoms with Crippen molar-refractivity contribution in [2.45, 2.75) is 4.90 Å². The number of aromatic carboxylic acids is 1. The van der Waals surface area contributed by atoms with Crippen molar-refractivity contribution in [2.24, 2.45) is 5.14 Å². The van der Waals surface area contributed by atoms with Crippen molar-refractivity contribution < 1.29 is 23.2 Å². The molecule has 9 nitrogen and oxygen atoms in total. The van der Waals surface area contributed by atoms with Crippen LogP contribution in [-0.4, -0.2) is 24.4 Å². The second-order valence-corrected chi connectivity index (χ2v) is 4.54. The summed E-state index contributed by atoms with van der Waals surface area (Å²) in [5.41, 5.74) is 3.14. The number of sulfonamides is 1. The van der Waals surface area contributed by atoms with Crippen molar-refractivity contribution in [3.05, 3.63) is 27.8 Å². The van der Waals surface area contributed by atoms with Gasteiger partial charge in [-0.1, -0.05) is 0 Å². The largest absolute Gasteiger partial charge is 0.478 e. The maximum Gasteiger partial charge on any atom is 0.335 e. The molecule has 0 aliphatic heterocycles. The maximum atomic E-state index is 11.1. The van der Waals surface area contributed by atoms with E-state index in [0.717, 1.165) is 0 Å². The van der Waals surface area contributed by atoms with Gasteiger partial charge in [0.2, 0.25) is 10.0 Å². The zero-order chi connectivity index (χ0) is 13.4. The van der Waals surface area contributed by atoms with Crippen LogP contribution in [0.1, 0.15) is 10.4 Å². The number of rotatable bonds is 3. The topological polar surface area (TPSA) is 167 Å². The standard InChI is InChI=1S/C7H7N3O6S/c8-6-4(10(13)14)1-3(7(11)12)2-5(6)17(9,15)16/h1-2H,8H2,(H,11,12)(H2,9,15,16). The Morgan fingerprint density at radius 1 is 1.41 bits per heavy atom. The second-order valence-electron chi connectivity index (χ2n) is 3.01. The zero-order valence-electron chi connectivity index (χ0n) is 8.15. The molecule has 10 heteroatoms. The van der Waals surface area contributed by atoms with Crippen LogP contribution in [0.15, 0.2) is 17.0 Å². The van der Waals surface area contributed by atoms with E-state index in [4.69, 9.17) is 16.0 Å². The molecule has 1 aromatic carbocycles. The Hall–Kier alpha value is -2.20. The van der Waals surface area contributed by atoms with Crippen LogP contribution in [0, 0.1) is 10.1 Å². The van der Waals surface area contributed by atoms with E-state index >= 15 is 0 Å². The predicted molar refractivity (Wildman–Crippen MR) is 55.8 cm³/mol. The number of nitrogen functional groups attached to an aromatic ring is 1. The monoisotopic (exact) mass is 261 g/mol. The fourth-order valence-corrected chi connectivity index (χ4v) is 1.82. The molecule has 0 aromatic heterocycles. The summed E-state index contributed by atoms with van der Waals surface area (Å²) >= 11 is 0. The molecule has 0 heterocycles. The molecule has 0 atom stereocenters. The average Bonchev–Trinajstić information content (AvgIpc) is 2.15. The van der Waals surface area contributed by atoms with Crippen molar-refractivity contribution in [1.82, 2.24) is 0 Å². The zero-order valence-corrected chi connectivity index (χ0v) is 8.97. The van der Waals surface area contributed by atoms with Crippen LogP contribution in [0.4, 0.5) is 11.4 Å². The first-order chi connectivity index (χ1) is 7.64. The van der Waals surface area contributed by atoms with E-state index in [1.165, 1.54) is 0 Å². The minimum Gasteiger partial charge on any atom is -0.478 e. The number of anilines is 1. The van der Waals surface area contributed by atoms with Crippen molar-refractivity contribution in [3.8, 4) is 0 Å². The van der Waals surface area contributed by atoms with Gasteiger partial charge in [-0.3, -0.25) is 10.1 Å². The lowest BCUT2D eigenvalue weighted by Gasteiger charge is -2.05. The molecule has 92 valence electrons. The van der Waals surface area contributed by atoms with Crippen LogP contribution in [-0.2, 0) is 10.0 Å². The summed E-state index contributed by atoms with van der Waals surface area (Å²) in [5.74, 6) is -1.53. The Bertz CT molecular complexity index is 608. The van der Waals surface area contributed by atoms with Crippen molar-refractivity contribution in [1.29, 1.82) is 0 Å². The molecule has 1 aromatic rings. The van der Waals surface area contributed by atoms with Crippen LogP contribution in [0.2, 0.25) is 0 Å². The molecule has 0 bridgehead atoms. The van der Waals surface area contributed by atoms with Crippen LogP contribution < -0.4 is 10.9 Å². The highest BCUT2D eigenvalue weighted by atomic mass is 32.2. The van der Waals surface area contributed by atoms with Gasteiger partial charge < -0.3 is 10.8 Å². The lowest BCUT2D eigenvalue weighted by Crippen LogP contribution is -2.16. The van der Waals surface area contributed by atoms with E-state index < -0.39 is 42.7 Å². The summed E-state index contributed by atoms with van der Waals surface area (Å²) in [7, 11) is -4.34. The van der Waals surface area contributed by atoms with Gasteiger partial charge in [-0.25, -0.2) is 18.4 Å². The van der Waals surface area contributed by atoms with Gasteiger partial charge in [0.25, 0.3) is 5.69 Å². The number of nitro benzene ring substituents is 1. The molecule has 0 radical (unpaired) electrons. The Labute approximate surface area is 94.8 Å². The first kappa shape index (κ1) is 12.9. The number of nitrogens with zero attached hydrogens (tertiary/aromatic N) is 1. The molecule has 0 fully saturated rings. The fraction of sp³-hybridized carbons (Fsp3) is 0. The molecule has 0 unspecified atom stereocenters. The third-order valence-corrected chi connectivity index (χ3v) is 2.82. The molecule has 17 heavy (non-hydrogen) atoms. The number of nitro groups is 1. The quantitative estimate of drug-likeness (QED) is 0.375. The highest BCUT2D eigenvalue weighted by Gasteiger charge is 2.25. The summed E-state index contributed by atoms with van der Waals surface area (Å²) in [4.78, 5) is 19.5. The third-order valence-electron chi connectivity index (χ3n) is 1.87. The van der Waals surface area contributed by atoms with Crippen molar-refractivity contribution in [3.63, 3.8) is 0 Å². The Morgan fingerprint density at radius 2 is 1.94 bits per heavy atom. The third kappa shape index (κ3) is 2.49. The van der Waals surface area contributed by atoms with Gasteiger partial charge >= 0.3 is 5.97 Å². The minimum atomic E-state index is -4.34. The number of nitrogens with two attached hydrogens (primary N) is 2. The smallest absolute Gasteiger partial charge is 0.335 e. The van der Waals surface area contributed by atoms with E-state index in [9.17, 15) is 23.3 Å². The van der Waals surface area contributed by atoms with Crippen LogP contribution in [0.3, 0.4) is 0 Å². The molecule has 0 aliphatic carbocycles. The molecule has 1 rings (SSSR count). The predicted octanol–water partition coefficient (Wildman–Crippen LogP) is -0.477. The molecule has 5 N–H and O–H groups in total. The molecule has 0 amide bonds. The molecule has 0 saturated heterocycles. The van der Waals surface area contributed by atoms with Gasteiger partial charge in [-0.2, -0.15) is 0 Å². The minimum absolute atomic E-state index is 0.588. The average molecular weight is 261 g/mol. The van der Waals surface area contributed by atoms with Gasteiger partial charge in [0, 0.05) is 6.07 Å². The van der Waals surface area contributed by atoms with Gasteiger partial charge in [0.1, 0.15) is 10.6 Å². The summed E-state index contributed by atoms with van der Waals surface area (Å²) in [6.45, 7) is 0. The summed E-state index contributed by atoms with van der Waals surface area (Å²) < 4.78 is 22.2. The first-order valence-corrected chi connectivity index (χ1v) is 5.53. The molecule has 0 saturated carbocycles. The Balaban J connectivity index is 3.73. The number of hydrogen-bond acceptors (Lipinski definition) is 6. The highest BCUT2D eigenvalue weighted by molar-refractivity contribution is 7.89. The van der Waals surface area contributed by atoms with E-state index in [0.29, 0.717) is 12.1 Å². The highest BCUT2D eigenvalue weighted by Crippen LogP contribution is 2.29. The van der Waals surface area contributed by atoms with Gasteiger partial charge in [0.05, 0.1) is 10.5 Å². The van der Waals surface area contributed by atoms with Gasteiger partial charge in [0.15, 0.2) is 0 Å². The number of carboxylic acid groups (broad SMARTS) is 1. The van der Waals surface area contributed by atoms with E-state index in [2.05, 4.69) is 0 Å². The number of primary sulfonamides is 1. The number of carboxylic acids is 1. The maximum absolute atomic E-state index is 11.1. The van der Waals surface area contributed by atoms with E-state index in [1.54, 1.807) is 0 Å². The number of benzene rings is 1. The molecular formula is C7H7N3O6S. The summed E-state index contributed by atoms with van der Waals surface area (Å²) in [5, 5.41) is 24.0. The first-order valence-electron chi connectivity index (χ1n) is 3.98. The number of carbonyl (C=O) groups is 1. The summed E-state index contributed by atoms with van der Waals surface area (Å²) in [6.07, 6.45) is 0. The second kappa shape index (κ2) is 3.99. The van der Waals surface area contributed by atoms with E-state index in [1.807, 2.05) is 0 Å². The molecule has 0 spiro atoms. The van der Waals surface area contributed by atoms with Crippen LogP contribution in [0.25, 0.3) is 0 Å².